The van der Waals surface area contributed by atoms with E-state index in [1.807, 2.05) is 17.2 Å². The van der Waals surface area contributed by atoms with Gasteiger partial charge in [0.2, 0.25) is 5.91 Å². The fourth-order valence-corrected chi connectivity index (χ4v) is 3.71. The highest BCUT2D eigenvalue weighted by atomic mass is 19.1. The van der Waals surface area contributed by atoms with Crippen molar-refractivity contribution in [3.8, 4) is 0 Å². The fraction of sp³-hybridized carbons (Fsp3) is 0.333. The number of likely N-dealkylation sites (tertiary alicyclic amines) is 1. The predicted molar refractivity (Wildman–Crippen MR) is 113 cm³/mol. The number of anilines is 2. The van der Waals surface area contributed by atoms with Crippen LogP contribution in [0.5, 0.6) is 0 Å². The Bertz CT molecular complexity index is 1030. The Hall–Kier alpha value is -3.69. The molecule has 2 aromatic heterocycles. The number of halogens is 1. The van der Waals surface area contributed by atoms with Gasteiger partial charge in [0.25, 0.3) is 0 Å². The molecule has 1 aromatic carbocycles. The summed E-state index contributed by atoms with van der Waals surface area (Å²) in [5.74, 6) is 0.244. The van der Waals surface area contributed by atoms with Gasteiger partial charge in [-0.25, -0.2) is 13.9 Å². The van der Waals surface area contributed by atoms with Crippen molar-refractivity contribution in [2.24, 2.45) is 0 Å². The molecule has 10 heteroatoms. The van der Waals surface area contributed by atoms with Gasteiger partial charge in [-0.2, -0.15) is 10.2 Å². The number of nitrogens with zero attached hydrogens (tertiary/aromatic N) is 5. The molecule has 0 radical (unpaired) electrons. The fourth-order valence-electron chi connectivity index (χ4n) is 3.71. The molecule has 0 bridgehead atoms. The average Bonchev–Trinajstić information content (AvgIpc) is 3.44. The van der Waals surface area contributed by atoms with Crippen molar-refractivity contribution in [3.63, 3.8) is 0 Å². The largest absolute Gasteiger partial charge is 0.342 e. The van der Waals surface area contributed by atoms with E-state index in [4.69, 9.17) is 0 Å². The van der Waals surface area contributed by atoms with Gasteiger partial charge in [-0.1, -0.05) is 6.07 Å². The van der Waals surface area contributed by atoms with Crippen molar-refractivity contribution in [3.05, 3.63) is 60.8 Å². The molecule has 31 heavy (non-hydrogen) atoms. The summed E-state index contributed by atoms with van der Waals surface area (Å²) in [6, 6.07) is 8.85. The Balaban J connectivity index is 1.29. The lowest BCUT2D eigenvalue weighted by molar-refractivity contribution is -0.132. The first kappa shape index (κ1) is 20.6. The standard InChI is InChI=1S/C21H24FN7O2/c22-16-3-1-4-17(15-16)25-21(31)26-19-5-10-24-29(19)18-6-12-27(13-7-18)20(30)8-14-28-11-2-9-23-28/h1-5,9-11,15,18H,6-8,12-14H2,(H2,25,26,31). The third kappa shape index (κ3) is 5.27. The highest BCUT2D eigenvalue weighted by Crippen LogP contribution is 2.26. The lowest BCUT2D eigenvalue weighted by Crippen LogP contribution is -2.39. The summed E-state index contributed by atoms with van der Waals surface area (Å²) < 4.78 is 16.8. The molecule has 4 rings (SSSR count). The van der Waals surface area contributed by atoms with Gasteiger partial charge in [0, 0.05) is 50.2 Å². The van der Waals surface area contributed by atoms with Gasteiger partial charge in [-0.05, 0) is 37.1 Å². The second-order valence-electron chi connectivity index (χ2n) is 7.38. The number of hydrogen-bond donors (Lipinski definition) is 2. The Morgan fingerprint density at radius 2 is 1.90 bits per heavy atom. The first-order chi connectivity index (χ1) is 15.1. The van der Waals surface area contributed by atoms with Crippen LogP contribution in [0.2, 0.25) is 0 Å². The normalized spacial score (nSPS) is 14.4. The van der Waals surface area contributed by atoms with E-state index in [1.165, 1.54) is 18.2 Å². The van der Waals surface area contributed by atoms with E-state index in [-0.39, 0.29) is 11.9 Å². The molecule has 0 spiro atoms. The molecule has 2 N–H and O–H groups in total. The zero-order valence-electron chi connectivity index (χ0n) is 16.9. The smallest absolute Gasteiger partial charge is 0.324 e. The topological polar surface area (TPSA) is 97.1 Å². The van der Waals surface area contributed by atoms with Crippen LogP contribution in [0.15, 0.2) is 55.0 Å². The van der Waals surface area contributed by atoms with E-state index in [2.05, 4.69) is 20.8 Å². The number of hydrogen-bond acceptors (Lipinski definition) is 4. The summed E-state index contributed by atoms with van der Waals surface area (Å²) in [5, 5.41) is 13.8. The summed E-state index contributed by atoms with van der Waals surface area (Å²) in [7, 11) is 0. The second-order valence-corrected chi connectivity index (χ2v) is 7.38. The maximum atomic E-state index is 13.3. The van der Waals surface area contributed by atoms with E-state index < -0.39 is 11.8 Å². The minimum Gasteiger partial charge on any atom is -0.342 e. The van der Waals surface area contributed by atoms with E-state index in [0.29, 0.717) is 37.6 Å². The number of amides is 3. The molecule has 1 fully saturated rings. The number of benzene rings is 1. The molecule has 0 saturated carbocycles. The zero-order chi connectivity index (χ0) is 21.6. The van der Waals surface area contributed by atoms with Crippen molar-refractivity contribution in [1.82, 2.24) is 24.5 Å². The third-order valence-electron chi connectivity index (χ3n) is 5.27. The van der Waals surface area contributed by atoms with Crippen LogP contribution in [-0.2, 0) is 11.3 Å². The third-order valence-corrected chi connectivity index (χ3v) is 5.27. The number of nitrogens with one attached hydrogen (secondary N) is 2. The van der Waals surface area contributed by atoms with Crippen molar-refractivity contribution in [2.45, 2.75) is 31.8 Å². The Morgan fingerprint density at radius 3 is 2.65 bits per heavy atom. The zero-order valence-corrected chi connectivity index (χ0v) is 16.9. The van der Waals surface area contributed by atoms with Crippen LogP contribution >= 0.6 is 0 Å². The Morgan fingerprint density at radius 1 is 1.06 bits per heavy atom. The molecule has 162 valence electrons. The summed E-state index contributed by atoms with van der Waals surface area (Å²) in [6.45, 7) is 1.84. The van der Waals surface area contributed by atoms with E-state index in [0.717, 1.165) is 12.8 Å². The maximum Gasteiger partial charge on any atom is 0.324 e. The summed E-state index contributed by atoms with van der Waals surface area (Å²) >= 11 is 0. The van der Waals surface area contributed by atoms with Gasteiger partial charge in [0.1, 0.15) is 11.6 Å². The number of urea groups is 1. The molecular weight excluding hydrogens is 401 g/mol. The molecule has 1 saturated heterocycles. The van der Waals surface area contributed by atoms with Gasteiger partial charge >= 0.3 is 6.03 Å². The van der Waals surface area contributed by atoms with Crippen molar-refractivity contribution >= 4 is 23.4 Å². The average molecular weight is 425 g/mol. The molecule has 3 heterocycles. The lowest BCUT2D eigenvalue weighted by atomic mass is 10.0. The van der Waals surface area contributed by atoms with Crippen LogP contribution in [0.1, 0.15) is 25.3 Å². The molecule has 3 amide bonds. The van der Waals surface area contributed by atoms with Crippen LogP contribution < -0.4 is 10.6 Å². The van der Waals surface area contributed by atoms with Gasteiger partial charge in [-0.3, -0.25) is 14.8 Å². The van der Waals surface area contributed by atoms with Crippen LogP contribution in [0, 0.1) is 5.82 Å². The minimum absolute atomic E-state index is 0.0784. The number of aryl methyl sites for hydroxylation is 1. The molecule has 3 aromatic rings. The van der Waals surface area contributed by atoms with Crippen LogP contribution in [0.4, 0.5) is 20.7 Å². The van der Waals surface area contributed by atoms with Gasteiger partial charge in [-0.15, -0.1) is 0 Å². The maximum absolute atomic E-state index is 13.3. The van der Waals surface area contributed by atoms with E-state index in [9.17, 15) is 14.0 Å². The van der Waals surface area contributed by atoms with Gasteiger partial charge in [0.05, 0.1) is 12.2 Å². The Kier molecular flexibility index (Phi) is 6.25. The van der Waals surface area contributed by atoms with Crippen LogP contribution in [-0.4, -0.2) is 49.5 Å². The van der Waals surface area contributed by atoms with Crippen LogP contribution in [0.3, 0.4) is 0 Å². The quantitative estimate of drug-likeness (QED) is 0.634. The number of piperidine rings is 1. The summed E-state index contributed by atoms with van der Waals surface area (Å²) in [5.41, 5.74) is 0.366. The molecule has 0 unspecified atom stereocenters. The van der Waals surface area contributed by atoms with Gasteiger partial charge < -0.3 is 10.2 Å². The molecule has 9 nitrogen and oxygen atoms in total. The highest BCUT2D eigenvalue weighted by Gasteiger charge is 2.25. The SMILES string of the molecule is O=C(Nc1cccc(F)c1)Nc1ccnn1C1CCN(C(=O)CCn2cccn2)CC1. The highest BCUT2D eigenvalue weighted by molar-refractivity contribution is 5.99. The van der Waals surface area contributed by atoms with Crippen molar-refractivity contribution in [2.75, 3.05) is 23.7 Å². The van der Waals surface area contributed by atoms with Gasteiger partial charge in [0.15, 0.2) is 0 Å². The summed E-state index contributed by atoms with van der Waals surface area (Å²) in [4.78, 5) is 26.6. The number of rotatable bonds is 6. The summed E-state index contributed by atoms with van der Waals surface area (Å²) in [6.07, 6.45) is 7.08. The number of carbonyl (C=O) groups excluding carboxylic acids is 2. The first-order valence-corrected chi connectivity index (χ1v) is 10.2. The second kappa shape index (κ2) is 9.41. The lowest BCUT2D eigenvalue weighted by Gasteiger charge is -2.32. The minimum atomic E-state index is -0.474. The predicted octanol–water partition coefficient (Wildman–Crippen LogP) is 3.12. The molecular formula is C21H24FN7O2. The first-order valence-electron chi connectivity index (χ1n) is 10.2. The van der Waals surface area contributed by atoms with Crippen molar-refractivity contribution < 1.29 is 14.0 Å². The number of carbonyl (C=O) groups is 2. The van der Waals surface area contributed by atoms with E-state index >= 15 is 0 Å². The van der Waals surface area contributed by atoms with Crippen LogP contribution in [0.25, 0.3) is 0 Å². The monoisotopic (exact) mass is 425 g/mol. The molecule has 0 aliphatic carbocycles. The molecule has 1 aliphatic rings. The molecule has 1 aliphatic heterocycles. The Labute approximate surface area is 178 Å². The molecule has 0 atom stereocenters. The number of aromatic nitrogens is 4. The van der Waals surface area contributed by atoms with E-state index in [1.54, 1.807) is 33.9 Å². The van der Waals surface area contributed by atoms with Crippen molar-refractivity contribution in [1.29, 1.82) is 0 Å².